The lowest BCUT2D eigenvalue weighted by Gasteiger charge is -2.48. The van der Waals surface area contributed by atoms with Crippen LogP contribution in [0.3, 0.4) is 0 Å². The minimum absolute atomic E-state index is 0.0399. The maximum Gasteiger partial charge on any atom is 0.324 e. The molecule has 92 valence electrons. The zero-order valence-electron chi connectivity index (χ0n) is 9.80. The summed E-state index contributed by atoms with van der Waals surface area (Å²) in [6.07, 6.45) is 3.40. The Labute approximate surface area is 92.3 Å². The van der Waals surface area contributed by atoms with Gasteiger partial charge in [0.2, 0.25) is 0 Å². The van der Waals surface area contributed by atoms with Gasteiger partial charge in [0.25, 0.3) is 0 Å². The molecule has 1 fully saturated rings. The number of hydroxylamine groups is 2. The minimum atomic E-state index is -2.62. The van der Waals surface area contributed by atoms with Crippen molar-refractivity contribution in [2.45, 2.75) is 58.0 Å². The van der Waals surface area contributed by atoms with E-state index in [0.717, 1.165) is 12.8 Å². The third-order valence-electron chi connectivity index (χ3n) is 2.72. The summed E-state index contributed by atoms with van der Waals surface area (Å²) in [5.74, 6) is 0. The van der Waals surface area contributed by atoms with Crippen molar-refractivity contribution >= 4 is 8.60 Å². The van der Waals surface area contributed by atoms with E-state index in [1.54, 1.807) is 0 Å². The predicted octanol–water partition coefficient (Wildman–Crippen LogP) is 1.61. The van der Waals surface area contributed by atoms with Gasteiger partial charge in [-0.25, -0.2) is 0 Å². The molecule has 0 saturated carbocycles. The van der Waals surface area contributed by atoms with E-state index in [1.165, 1.54) is 11.5 Å². The molecule has 0 unspecified atom stereocenters. The third kappa shape index (κ3) is 5.20. The first-order valence-electron chi connectivity index (χ1n) is 4.95. The summed E-state index contributed by atoms with van der Waals surface area (Å²) in [6.45, 7) is 8.36. The molecule has 1 saturated heterocycles. The Hall–Kier alpha value is 0.230. The van der Waals surface area contributed by atoms with Crippen molar-refractivity contribution < 1.29 is 19.9 Å². The van der Waals surface area contributed by atoms with E-state index < -0.39 is 8.60 Å². The molecule has 0 amide bonds. The number of rotatable bonds is 0. The van der Waals surface area contributed by atoms with Crippen molar-refractivity contribution in [1.82, 2.24) is 5.06 Å². The highest BCUT2D eigenvalue weighted by atomic mass is 31.2. The predicted molar refractivity (Wildman–Crippen MR) is 59.2 cm³/mol. The maximum atomic E-state index is 9.80. The van der Waals surface area contributed by atoms with Gasteiger partial charge in [-0.05, 0) is 47.0 Å². The van der Waals surface area contributed by atoms with E-state index in [-0.39, 0.29) is 11.1 Å². The Kier molecular flexibility index (Phi) is 5.61. The first-order chi connectivity index (χ1) is 6.59. The smallest absolute Gasteiger partial charge is 0.324 e. The Bertz CT molecular complexity index is 178. The fourth-order valence-corrected chi connectivity index (χ4v) is 1.98. The monoisotopic (exact) mass is 239 g/mol. The molecule has 4 N–H and O–H groups in total. The van der Waals surface area contributed by atoms with E-state index in [1.807, 2.05) is 0 Å². The van der Waals surface area contributed by atoms with Gasteiger partial charge in [0, 0.05) is 11.1 Å². The molecule has 0 aromatic rings. The van der Waals surface area contributed by atoms with Crippen molar-refractivity contribution in [2.24, 2.45) is 0 Å². The molecule has 6 heteroatoms. The molecule has 1 heterocycles. The van der Waals surface area contributed by atoms with Crippen molar-refractivity contribution in [3.05, 3.63) is 0 Å². The van der Waals surface area contributed by atoms with Crippen molar-refractivity contribution in [2.75, 3.05) is 0 Å². The lowest BCUT2D eigenvalue weighted by Crippen LogP contribution is -2.56. The number of piperidine rings is 1. The molecule has 1 rings (SSSR count). The number of hydrogen-bond acceptors (Lipinski definition) is 5. The van der Waals surface area contributed by atoms with Crippen LogP contribution in [-0.2, 0) is 0 Å². The van der Waals surface area contributed by atoms with Gasteiger partial charge < -0.3 is 19.9 Å². The molecule has 1 aliphatic rings. The standard InChI is InChI=1S/C9H19NO.H3O3P/c1-8(2)6-5-7-9(3,4)10(8)11;1-4(2)3/h11H,5-7H2,1-4H3;1-3H. The summed E-state index contributed by atoms with van der Waals surface area (Å²) in [5, 5.41) is 11.3. The number of nitrogens with zero attached hydrogens (tertiary/aromatic N) is 1. The molecular weight excluding hydrogens is 217 g/mol. The van der Waals surface area contributed by atoms with Crippen LogP contribution in [-0.4, -0.2) is 36.0 Å². The summed E-state index contributed by atoms with van der Waals surface area (Å²) < 4.78 is 0. The highest BCUT2D eigenvalue weighted by molar-refractivity contribution is 7.38. The Balaban J connectivity index is 0.000000423. The second kappa shape index (κ2) is 5.53. The molecule has 0 atom stereocenters. The van der Waals surface area contributed by atoms with Crippen molar-refractivity contribution in [3.8, 4) is 0 Å². The van der Waals surface area contributed by atoms with E-state index in [2.05, 4.69) is 27.7 Å². The molecule has 0 aromatic heterocycles. The average molecular weight is 239 g/mol. The largest absolute Gasteiger partial charge is 0.328 e. The lowest BCUT2D eigenvalue weighted by molar-refractivity contribution is -0.241. The SMILES string of the molecule is CC1(C)CCCC(C)(C)N1O.OP(O)O. The number of hydrogen-bond donors (Lipinski definition) is 4. The lowest BCUT2D eigenvalue weighted by atomic mass is 9.82. The first kappa shape index (κ1) is 15.2. The van der Waals surface area contributed by atoms with Gasteiger partial charge >= 0.3 is 8.60 Å². The van der Waals surface area contributed by atoms with Gasteiger partial charge in [0.05, 0.1) is 0 Å². The van der Waals surface area contributed by atoms with Gasteiger partial charge in [-0.1, -0.05) is 0 Å². The summed E-state index contributed by atoms with van der Waals surface area (Å²) in [4.78, 5) is 21.7. The molecule has 0 bridgehead atoms. The fourth-order valence-electron chi connectivity index (χ4n) is 1.98. The first-order valence-corrected chi connectivity index (χ1v) is 6.15. The van der Waals surface area contributed by atoms with Crippen LogP contribution >= 0.6 is 8.60 Å². The van der Waals surface area contributed by atoms with Crippen LogP contribution in [0, 0.1) is 0 Å². The summed E-state index contributed by atoms with van der Waals surface area (Å²) in [5.41, 5.74) is -0.0799. The minimum Gasteiger partial charge on any atom is -0.328 e. The van der Waals surface area contributed by atoms with Gasteiger partial charge in [0.15, 0.2) is 0 Å². The molecule has 0 aliphatic carbocycles. The zero-order valence-corrected chi connectivity index (χ0v) is 10.7. The molecule has 0 aromatic carbocycles. The quantitative estimate of drug-likeness (QED) is 0.483. The zero-order chi connectivity index (χ0) is 12.3. The van der Waals surface area contributed by atoms with Gasteiger partial charge in [0.1, 0.15) is 0 Å². The second-order valence-electron chi connectivity index (χ2n) is 5.06. The van der Waals surface area contributed by atoms with E-state index >= 15 is 0 Å². The highest BCUT2D eigenvalue weighted by Gasteiger charge is 2.40. The molecule has 5 nitrogen and oxygen atoms in total. The molecule has 0 radical (unpaired) electrons. The normalized spacial score (nSPS) is 24.6. The van der Waals surface area contributed by atoms with Crippen LogP contribution in [0.15, 0.2) is 0 Å². The summed E-state index contributed by atoms with van der Waals surface area (Å²) in [6, 6.07) is 0. The third-order valence-corrected chi connectivity index (χ3v) is 2.72. The Morgan fingerprint density at radius 1 is 0.933 bits per heavy atom. The Morgan fingerprint density at radius 2 is 1.20 bits per heavy atom. The Morgan fingerprint density at radius 3 is 1.40 bits per heavy atom. The van der Waals surface area contributed by atoms with Gasteiger partial charge in [-0.3, -0.25) is 0 Å². The van der Waals surface area contributed by atoms with Gasteiger partial charge in [-0.15, -0.1) is 0 Å². The second-order valence-corrected chi connectivity index (χ2v) is 5.60. The highest BCUT2D eigenvalue weighted by Crippen LogP contribution is 2.35. The molecule has 0 spiro atoms. The van der Waals surface area contributed by atoms with E-state index in [0.29, 0.717) is 0 Å². The van der Waals surface area contributed by atoms with Crippen molar-refractivity contribution in [1.29, 1.82) is 0 Å². The van der Waals surface area contributed by atoms with Crippen molar-refractivity contribution in [3.63, 3.8) is 0 Å². The maximum absolute atomic E-state index is 9.80. The average Bonchev–Trinajstić information content (AvgIpc) is 1.98. The summed E-state index contributed by atoms with van der Waals surface area (Å²) in [7, 11) is -2.62. The molecule has 1 aliphatic heterocycles. The van der Waals surface area contributed by atoms with E-state index in [9.17, 15) is 5.21 Å². The van der Waals surface area contributed by atoms with Gasteiger partial charge in [-0.2, -0.15) is 5.06 Å². The topological polar surface area (TPSA) is 84.2 Å². The van der Waals surface area contributed by atoms with Crippen LogP contribution in [0.25, 0.3) is 0 Å². The van der Waals surface area contributed by atoms with Crippen LogP contribution in [0.4, 0.5) is 0 Å². The van der Waals surface area contributed by atoms with E-state index in [4.69, 9.17) is 14.7 Å². The van der Waals surface area contributed by atoms with Crippen LogP contribution in [0.1, 0.15) is 47.0 Å². The van der Waals surface area contributed by atoms with Crippen LogP contribution in [0.2, 0.25) is 0 Å². The van der Waals surface area contributed by atoms with Crippen LogP contribution < -0.4 is 0 Å². The summed E-state index contributed by atoms with van der Waals surface area (Å²) >= 11 is 0. The fraction of sp³-hybridized carbons (Fsp3) is 1.00. The van der Waals surface area contributed by atoms with Crippen LogP contribution in [0.5, 0.6) is 0 Å². The molecule has 15 heavy (non-hydrogen) atoms. The molecular formula is C9H22NO4P.